The molecule has 1 heterocycles. The third-order valence-electron chi connectivity index (χ3n) is 2.15. The van der Waals surface area contributed by atoms with E-state index < -0.39 is 0 Å². The number of rotatable bonds is 2. The van der Waals surface area contributed by atoms with Gasteiger partial charge in [0.25, 0.3) is 0 Å². The van der Waals surface area contributed by atoms with Gasteiger partial charge in [0, 0.05) is 33.9 Å². The van der Waals surface area contributed by atoms with E-state index in [4.69, 9.17) is 34.8 Å². The highest BCUT2D eigenvalue weighted by atomic mass is 35.5. The summed E-state index contributed by atoms with van der Waals surface area (Å²) < 4.78 is 0. The number of nitrogens with zero attached hydrogens (tertiary/aromatic N) is 1. The van der Waals surface area contributed by atoms with Gasteiger partial charge in [-0.2, -0.15) is 0 Å². The highest BCUT2D eigenvalue weighted by Crippen LogP contribution is 2.27. The van der Waals surface area contributed by atoms with E-state index >= 15 is 0 Å². The second-order valence-electron chi connectivity index (χ2n) is 3.37. The van der Waals surface area contributed by atoms with Gasteiger partial charge in [0.1, 0.15) is 0 Å². The number of pyridine rings is 1. The number of halogens is 3. The molecule has 1 nitrogen and oxygen atoms in total. The molecule has 1 aromatic heterocycles. The minimum absolute atomic E-state index is 0.440. The van der Waals surface area contributed by atoms with Crippen molar-refractivity contribution in [2.24, 2.45) is 0 Å². The number of aromatic nitrogens is 1. The Morgan fingerprint density at radius 1 is 0.875 bits per heavy atom. The fourth-order valence-electron chi connectivity index (χ4n) is 1.44. The molecule has 0 fully saturated rings. The van der Waals surface area contributed by atoms with Crippen LogP contribution in [0.3, 0.4) is 0 Å². The minimum atomic E-state index is 0.440. The van der Waals surface area contributed by atoms with Crippen molar-refractivity contribution in [2.75, 3.05) is 0 Å². The van der Waals surface area contributed by atoms with Crippen LogP contribution in [0.25, 0.3) is 11.1 Å². The third-order valence-corrected chi connectivity index (χ3v) is 2.89. The highest BCUT2D eigenvalue weighted by molar-refractivity contribution is 6.35. The van der Waals surface area contributed by atoms with Gasteiger partial charge < -0.3 is 0 Å². The summed E-state index contributed by atoms with van der Waals surface area (Å²) in [5.74, 6) is 0.440. The van der Waals surface area contributed by atoms with Gasteiger partial charge in [-0.25, -0.2) is 0 Å². The van der Waals surface area contributed by atoms with Crippen LogP contribution in [0.2, 0.25) is 10.0 Å². The van der Waals surface area contributed by atoms with Gasteiger partial charge in [-0.3, -0.25) is 4.98 Å². The van der Waals surface area contributed by atoms with Crippen molar-refractivity contribution in [1.82, 2.24) is 4.98 Å². The monoisotopic (exact) mass is 271 g/mol. The first-order valence-corrected chi connectivity index (χ1v) is 5.94. The van der Waals surface area contributed by atoms with E-state index in [1.165, 1.54) is 0 Å². The molecule has 0 radical (unpaired) electrons. The molecular weight excluding hydrogens is 264 g/mol. The van der Waals surface area contributed by atoms with E-state index in [1.54, 1.807) is 18.5 Å². The van der Waals surface area contributed by atoms with Gasteiger partial charge in [-0.1, -0.05) is 23.2 Å². The van der Waals surface area contributed by atoms with Crippen molar-refractivity contribution in [3.05, 3.63) is 52.3 Å². The molecule has 0 saturated heterocycles. The minimum Gasteiger partial charge on any atom is -0.264 e. The largest absolute Gasteiger partial charge is 0.264 e. The first-order chi connectivity index (χ1) is 7.69. The van der Waals surface area contributed by atoms with E-state index in [9.17, 15) is 0 Å². The Hall–Kier alpha value is -0.760. The van der Waals surface area contributed by atoms with E-state index in [0.29, 0.717) is 15.9 Å². The Kier molecular flexibility index (Phi) is 3.70. The summed E-state index contributed by atoms with van der Waals surface area (Å²) in [6.45, 7) is 0. The SMILES string of the molecule is ClCc1cncc(-c2cc(Cl)cc(Cl)c2)c1. The van der Waals surface area contributed by atoms with Crippen LogP contribution in [0.5, 0.6) is 0 Å². The van der Waals surface area contributed by atoms with Crippen LogP contribution in [-0.4, -0.2) is 4.98 Å². The Bertz CT molecular complexity index is 491. The second kappa shape index (κ2) is 5.05. The van der Waals surface area contributed by atoms with Crippen molar-refractivity contribution in [3.63, 3.8) is 0 Å². The normalized spacial score (nSPS) is 10.4. The standard InChI is InChI=1S/C12H8Cl3N/c13-5-8-1-10(7-16-6-8)9-2-11(14)4-12(15)3-9/h1-4,6-7H,5H2. The van der Waals surface area contributed by atoms with Crippen molar-refractivity contribution >= 4 is 34.8 Å². The Morgan fingerprint density at radius 2 is 1.56 bits per heavy atom. The second-order valence-corrected chi connectivity index (χ2v) is 4.51. The fraction of sp³-hybridized carbons (Fsp3) is 0.0833. The number of hydrogen-bond donors (Lipinski definition) is 0. The predicted molar refractivity (Wildman–Crippen MR) is 69.3 cm³/mol. The zero-order valence-electron chi connectivity index (χ0n) is 8.25. The van der Waals surface area contributed by atoms with Gasteiger partial charge in [0.05, 0.1) is 0 Å². The molecule has 82 valence electrons. The lowest BCUT2D eigenvalue weighted by Gasteiger charge is -2.04. The van der Waals surface area contributed by atoms with Crippen molar-refractivity contribution in [2.45, 2.75) is 5.88 Å². The highest BCUT2D eigenvalue weighted by Gasteiger charge is 2.02. The zero-order chi connectivity index (χ0) is 11.5. The summed E-state index contributed by atoms with van der Waals surface area (Å²) >= 11 is 17.6. The molecule has 0 spiro atoms. The maximum absolute atomic E-state index is 5.94. The van der Waals surface area contributed by atoms with Gasteiger partial charge in [0.15, 0.2) is 0 Å². The first kappa shape index (κ1) is 11.7. The summed E-state index contributed by atoms with van der Waals surface area (Å²) in [6, 6.07) is 7.37. The number of alkyl halides is 1. The summed E-state index contributed by atoms with van der Waals surface area (Å²) in [4.78, 5) is 4.12. The van der Waals surface area contributed by atoms with Gasteiger partial charge >= 0.3 is 0 Å². The average molecular weight is 273 g/mol. The Morgan fingerprint density at radius 3 is 2.19 bits per heavy atom. The molecule has 2 rings (SSSR count). The molecule has 0 saturated carbocycles. The molecule has 0 bridgehead atoms. The topological polar surface area (TPSA) is 12.9 Å². The van der Waals surface area contributed by atoms with Crippen LogP contribution < -0.4 is 0 Å². The molecule has 0 atom stereocenters. The summed E-state index contributed by atoms with van der Waals surface area (Å²) in [7, 11) is 0. The molecule has 0 aliphatic heterocycles. The molecule has 0 amide bonds. The molecule has 0 aliphatic rings. The lowest BCUT2D eigenvalue weighted by molar-refractivity contribution is 1.25. The summed E-state index contributed by atoms with van der Waals surface area (Å²) in [5.41, 5.74) is 2.87. The average Bonchev–Trinajstić information content (AvgIpc) is 2.28. The van der Waals surface area contributed by atoms with Crippen LogP contribution in [0.1, 0.15) is 5.56 Å². The zero-order valence-corrected chi connectivity index (χ0v) is 10.5. The van der Waals surface area contributed by atoms with Crippen LogP contribution in [0.15, 0.2) is 36.7 Å². The lowest BCUT2D eigenvalue weighted by atomic mass is 10.1. The van der Waals surface area contributed by atoms with E-state index in [0.717, 1.165) is 16.7 Å². The fourth-order valence-corrected chi connectivity index (χ4v) is 2.11. The number of hydrogen-bond acceptors (Lipinski definition) is 1. The molecule has 0 N–H and O–H groups in total. The van der Waals surface area contributed by atoms with Crippen molar-refractivity contribution in [3.8, 4) is 11.1 Å². The van der Waals surface area contributed by atoms with Crippen LogP contribution in [0, 0.1) is 0 Å². The molecule has 4 heteroatoms. The van der Waals surface area contributed by atoms with Crippen LogP contribution in [-0.2, 0) is 5.88 Å². The van der Waals surface area contributed by atoms with Crippen molar-refractivity contribution < 1.29 is 0 Å². The Labute approximate surface area is 109 Å². The quantitative estimate of drug-likeness (QED) is 0.716. The summed E-state index contributed by atoms with van der Waals surface area (Å²) in [6.07, 6.45) is 3.50. The Balaban J connectivity index is 2.49. The molecule has 16 heavy (non-hydrogen) atoms. The van der Waals surface area contributed by atoms with E-state index in [2.05, 4.69) is 4.98 Å². The maximum atomic E-state index is 5.94. The van der Waals surface area contributed by atoms with Gasteiger partial charge in [-0.05, 0) is 35.4 Å². The van der Waals surface area contributed by atoms with Crippen LogP contribution in [0.4, 0.5) is 0 Å². The molecule has 0 aliphatic carbocycles. The third kappa shape index (κ3) is 2.67. The smallest absolute Gasteiger partial charge is 0.0489 e. The van der Waals surface area contributed by atoms with Crippen molar-refractivity contribution in [1.29, 1.82) is 0 Å². The number of benzene rings is 1. The molecule has 2 aromatic rings. The summed E-state index contributed by atoms with van der Waals surface area (Å²) in [5, 5.41) is 1.22. The first-order valence-electron chi connectivity index (χ1n) is 4.65. The molecule has 0 unspecified atom stereocenters. The molecular formula is C12H8Cl3N. The lowest BCUT2D eigenvalue weighted by Crippen LogP contribution is -1.85. The predicted octanol–water partition coefficient (Wildman–Crippen LogP) is 4.79. The van der Waals surface area contributed by atoms with E-state index in [1.807, 2.05) is 18.2 Å². The van der Waals surface area contributed by atoms with Crippen LogP contribution >= 0.6 is 34.8 Å². The van der Waals surface area contributed by atoms with E-state index in [-0.39, 0.29) is 0 Å². The maximum Gasteiger partial charge on any atom is 0.0489 e. The van der Waals surface area contributed by atoms with Gasteiger partial charge in [0.2, 0.25) is 0 Å². The molecule has 1 aromatic carbocycles. The van der Waals surface area contributed by atoms with Gasteiger partial charge in [-0.15, -0.1) is 11.6 Å².